The zero-order chi connectivity index (χ0) is 23.9. The number of anilines is 1. The number of carbonyl (C=O) groups is 1. The molecule has 3 aromatic rings. The molecule has 3 heterocycles. The van der Waals surface area contributed by atoms with Gasteiger partial charge in [0.15, 0.2) is 5.76 Å². The summed E-state index contributed by atoms with van der Waals surface area (Å²) in [5.74, 6) is 3.58. The summed E-state index contributed by atoms with van der Waals surface area (Å²) in [6.07, 6.45) is 4.05. The Morgan fingerprint density at radius 1 is 1.15 bits per heavy atom. The van der Waals surface area contributed by atoms with Crippen molar-refractivity contribution in [3.8, 4) is 28.8 Å². The van der Waals surface area contributed by atoms with E-state index in [1.54, 1.807) is 33.7 Å². The number of carbonyl (C=O) groups excluding carboxylic acids is 1. The normalized spacial score (nSPS) is 16.0. The van der Waals surface area contributed by atoms with E-state index in [0.29, 0.717) is 60.0 Å². The molecule has 1 aliphatic heterocycles. The molecule has 2 aromatic heterocycles. The van der Waals surface area contributed by atoms with Crippen LogP contribution in [0.2, 0.25) is 0 Å². The number of hydrogen-bond donors (Lipinski definition) is 1. The number of likely N-dealkylation sites (tertiary alicyclic amines) is 1. The Balaban J connectivity index is 1.56. The first-order valence-electron chi connectivity index (χ1n) is 11.0. The van der Waals surface area contributed by atoms with Crippen molar-refractivity contribution >= 4 is 23.8 Å². The van der Waals surface area contributed by atoms with Crippen molar-refractivity contribution in [1.29, 1.82) is 0 Å². The van der Waals surface area contributed by atoms with E-state index in [2.05, 4.69) is 14.9 Å². The maximum absolute atomic E-state index is 12.4. The van der Waals surface area contributed by atoms with Crippen molar-refractivity contribution < 1.29 is 23.4 Å². The number of furan rings is 1. The van der Waals surface area contributed by atoms with Gasteiger partial charge in [-0.2, -0.15) is 0 Å². The van der Waals surface area contributed by atoms with Gasteiger partial charge in [-0.15, -0.1) is 10.2 Å². The van der Waals surface area contributed by atoms with Crippen molar-refractivity contribution in [2.24, 2.45) is 0 Å². The van der Waals surface area contributed by atoms with Crippen LogP contribution in [0.3, 0.4) is 0 Å². The van der Waals surface area contributed by atoms with Gasteiger partial charge in [0.05, 0.1) is 33.1 Å². The van der Waals surface area contributed by atoms with Gasteiger partial charge in [0.1, 0.15) is 17.2 Å². The Bertz CT molecular complexity index is 1060. The highest BCUT2D eigenvalue weighted by Gasteiger charge is 2.28. The number of hydrogen-bond acceptors (Lipinski definition) is 9. The second kappa shape index (κ2) is 11.3. The zero-order valence-corrected chi connectivity index (χ0v) is 20.3. The maximum atomic E-state index is 12.4. The number of nitrogens with zero attached hydrogens (tertiary/aromatic N) is 4. The summed E-state index contributed by atoms with van der Waals surface area (Å²) in [5, 5.41) is 8.71. The first-order chi connectivity index (χ1) is 16.7. The van der Waals surface area contributed by atoms with Crippen LogP contribution in [0.4, 0.5) is 5.95 Å². The quantitative estimate of drug-likeness (QED) is 0.321. The van der Waals surface area contributed by atoms with E-state index >= 15 is 0 Å². The third-order valence-electron chi connectivity index (χ3n) is 5.68. The standard InChI is InChI=1S/C23H29N5O5S/c1-30-15-16-7-4-11-20(29)27(16)12-14-34-26-23-25-24-22(19-10-6-13-33-19)28(23)21-17(31-2)8-5-9-18(21)32-3/h5-6,8-10,13,16H,4,7,11-12,14-15H2,1-3H3,(H,25,26). The first kappa shape index (κ1) is 24.0. The summed E-state index contributed by atoms with van der Waals surface area (Å²) < 4.78 is 27.2. The molecule has 0 radical (unpaired) electrons. The van der Waals surface area contributed by atoms with Crippen LogP contribution in [0.5, 0.6) is 11.5 Å². The van der Waals surface area contributed by atoms with Gasteiger partial charge in [-0.1, -0.05) is 6.07 Å². The van der Waals surface area contributed by atoms with Gasteiger partial charge in [-0.25, -0.2) is 0 Å². The second-order valence-corrected chi connectivity index (χ2v) is 8.61. The highest BCUT2D eigenvalue weighted by atomic mass is 32.2. The van der Waals surface area contributed by atoms with Crippen LogP contribution in [0.25, 0.3) is 17.3 Å². The Labute approximate surface area is 202 Å². The van der Waals surface area contributed by atoms with Crippen LogP contribution in [0, 0.1) is 0 Å². The molecule has 1 fully saturated rings. The van der Waals surface area contributed by atoms with Gasteiger partial charge in [-0.05, 0) is 49.1 Å². The number of ether oxygens (including phenoxy) is 3. The van der Waals surface area contributed by atoms with E-state index in [9.17, 15) is 4.79 Å². The van der Waals surface area contributed by atoms with E-state index < -0.39 is 0 Å². The number of para-hydroxylation sites is 1. The van der Waals surface area contributed by atoms with Crippen molar-refractivity contribution in [3.05, 3.63) is 36.6 Å². The number of methoxy groups -OCH3 is 3. The minimum Gasteiger partial charge on any atom is -0.494 e. The monoisotopic (exact) mass is 487 g/mol. The Hall–Kier alpha value is -3.18. The van der Waals surface area contributed by atoms with Crippen molar-refractivity contribution in [1.82, 2.24) is 19.7 Å². The molecule has 1 aliphatic rings. The lowest BCUT2D eigenvalue weighted by Crippen LogP contribution is -2.47. The summed E-state index contributed by atoms with van der Waals surface area (Å²) in [6, 6.07) is 9.28. The van der Waals surface area contributed by atoms with Crippen molar-refractivity contribution in [2.75, 3.05) is 45.0 Å². The van der Waals surface area contributed by atoms with Gasteiger partial charge in [0.25, 0.3) is 0 Å². The van der Waals surface area contributed by atoms with Gasteiger partial charge < -0.3 is 23.5 Å². The van der Waals surface area contributed by atoms with E-state index in [4.69, 9.17) is 18.6 Å². The zero-order valence-electron chi connectivity index (χ0n) is 19.5. The first-order valence-corrected chi connectivity index (χ1v) is 12.0. The topological polar surface area (TPSA) is 104 Å². The molecular weight excluding hydrogens is 458 g/mol. The molecule has 0 bridgehead atoms. The lowest BCUT2D eigenvalue weighted by Gasteiger charge is -2.35. The summed E-state index contributed by atoms with van der Waals surface area (Å²) in [6.45, 7) is 1.17. The average Bonchev–Trinajstić information content (AvgIpc) is 3.52. The fourth-order valence-corrected chi connectivity index (χ4v) is 4.76. The predicted molar refractivity (Wildman–Crippen MR) is 129 cm³/mol. The lowest BCUT2D eigenvalue weighted by molar-refractivity contribution is -0.137. The largest absolute Gasteiger partial charge is 0.494 e. The summed E-state index contributed by atoms with van der Waals surface area (Å²) in [7, 11) is 4.87. The molecule has 0 saturated carbocycles. The lowest BCUT2D eigenvalue weighted by atomic mass is 10.0. The number of rotatable bonds is 11. The highest BCUT2D eigenvalue weighted by Crippen LogP contribution is 2.38. The number of piperidine rings is 1. The second-order valence-electron chi connectivity index (χ2n) is 7.71. The van der Waals surface area contributed by atoms with Gasteiger partial charge >= 0.3 is 0 Å². The number of benzene rings is 1. The molecule has 1 unspecified atom stereocenters. The number of amides is 1. The predicted octanol–water partition coefficient (Wildman–Crippen LogP) is 3.63. The highest BCUT2D eigenvalue weighted by molar-refractivity contribution is 8.00. The fraction of sp³-hybridized carbons (Fsp3) is 0.435. The van der Waals surface area contributed by atoms with Crippen LogP contribution < -0.4 is 14.2 Å². The summed E-state index contributed by atoms with van der Waals surface area (Å²) in [4.78, 5) is 14.4. The molecule has 182 valence electrons. The molecule has 0 aliphatic carbocycles. The molecule has 0 spiro atoms. The third-order valence-corrected chi connectivity index (χ3v) is 6.39. The molecule has 1 atom stereocenters. The summed E-state index contributed by atoms with van der Waals surface area (Å²) >= 11 is 1.45. The van der Waals surface area contributed by atoms with E-state index in [1.807, 2.05) is 33.7 Å². The average molecular weight is 488 g/mol. The molecular formula is C23H29N5O5S. The van der Waals surface area contributed by atoms with E-state index in [1.165, 1.54) is 11.9 Å². The summed E-state index contributed by atoms with van der Waals surface area (Å²) in [5.41, 5.74) is 0.651. The maximum Gasteiger partial charge on any atom is 0.239 e. The van der Waals surface area contributed by atoms with Gasteiger partial charge in [-0.3, -0.25) is 14.1 Å². The molecule has 1 amide bonds. The van der Waals surface area contributed by atoms with Crippen LogP contribution in [-0.2, 0) is 9.53 Å². The van der Waals surface area contributed by atoms with Crippen molar-refractivity contribution in [3.63, 3.8) is 0 Å². The third kappa shape index (κ3) is 5.00. The minimum atomic E-state index is 0.124. The Morgan fingerprint density at radius 2 is 1.94 bits per heavy atom. The Morgan fingerprint density at radius 3 is 2.62 bits per heavy atom. The molecule has 11 heteroatoms. The smallest absolute Gasteiger partial charge is 0.239 e. The van der Waals surface area contributed by atoms with E-state index in [-0.39, 0.29) is 11.9 Å². The molecule has 1 saturated heterocycles. The Kier molecular flexibility index (Phi) is 7.96. The van der Waals surface area contributed by atoms with Crippen LogP contribution in [0.15, 0.2) is 41.0 Å². The van der Waals surface area contributed by atoms with Gasteiger partial charge in [0.2, 0.25) is 17.7 Å². The van der Waals surface area contributed by atoms with Crippen LogP contribution in [-0.4, -0.2) is 71.8 Å². The van der Waals surface area contributed by atoms with Gasteiger partial charge in [0, 0.05) is 25.8 Å². The molecule has 10 nitrogen and oxygen atoms in total. The minimum absolute atomic E-state index is 0.124. The molecule has 34 heavy (non-hydrogen) atoms. The number of nitrogens with one attached hydrogen (secondary N) is 1. The SMILES string of the molecule is COCC1CCCC(=O)N1CCSNc1nnc(-c2ccco2)n1-c1c(OC)cccc1OC. The molecule has 1 N–H and O–H groups in total. The molecule has 1 aromatic carbocycles. The van der Waals surface area contributed by atoms with Crippen LogP contribution >= 0.6 is 11.9 Å². The van der Waals surface area contributed by atoms with Crippen LogP contribution in [0.1, 0.15) is 19.3 Å². The van der Waals surface area contributed by atoms with E-state index in [0.717, 1.165) is 12.8 Å². The fourth-order valence-electron chi connectivity index (χ4n) is 4.10. The van der Waals surface area contributed by atoms with Crippen molar-refractivity contribution in [2.45, 2.75) is 25.3 Å². The molecule has 4 rings (SSSR count). The number of aromatic nitrogens is 3.